The van der Waals surface area contributed by atoms with Gasteiger partial charge in [0.15, 0.2) is 0 Å². The molecule has 3 nitrogen and oxygen atoms in total. The van der Waals surface area contributed by atoms with Gasteiger partial charge in [-0.05, 0) is 36.5 Å². The standard InChI is InChI=1S/C13H16O3/c14-13(15)8-10-4-6-12(7-5-10)16-9-11-2-1-3-11/h4-7,11H,1-3,8-9H2,(H,14,15). The zero-order chi connectivity index (χ0) is 11.4. The van der Waals surface area contributed by atoms with Crippen LogP contribution >= 0.6 is 0 Å². The summed E-state index contributed by atoms with van der Waals surface area (Å²) in [6.07, 6.45) is 3.95. The van der Waals surface area contributed by atoms with Gasteiger partial charge in [-0.2, -0.15) is 0 Å². The van der Waals surface area contributed by atoms with Gasteiger partial charge in [0.05, 0.1) is 13.0 Å². The first kappa shape index (κ1) is 11.0. The number of hydrogen-bond acceptors (Lipinski definition) is 2. The first-order chi connectivity index (χ1) is 7.74. The summed E-state index contributed by atoms with van der Waals surface area (Å²) in [5.41, 5.74) is 0.809. The summed E-state index contributed by atoms with van der Waals surface area (Å²) in [6, 6.07) is 7.31. The summed E-state index contributed by atoms with van der Waals surface area (Å²) in [5.74, 6) is 0.753. The number of hydrogen-bond donors (Lipinski definition) is 1. The molecule has 0 bridgehead atoms. The first-order valence-corrected chi connectivity index (χ1v) is 5.67. The van der Waals surface area contributed by atoms with E-state index in [2.05, 4.69) is 0 Å². The van der Waals surface area contributed by atoms with Crippen LogP contribution < -0.4 is 4.74 Å². The molecule has 0 spiro atoms. The van der Waals surface area contributed by atoms with E-state index >= 15 is 0 Å². The van der Waals surface area contributed by atoms with E-state index in [0.717, 1.165) is 23.8 Å². The number of ether oxygens (including phenoxy) is 1. The van der Waals surface area contributed by atoms with E-state index in [9.17, 15) is 4.79 Å². The molecule has 0 amide bonds. The van der Waals surface area contributed by atoms with Gasteiger partial charge in [0, 0.05) is 0 Å². The molecule has 0 unspecified atom stereocenters. The van der Waals surface area contributed by atoms with Crippen LogP contribution in [0, 0.1) is 5.92 Å². The molecule has 2 rings (SSSR count). The van der Waals surface area contributed by atoms with E-state index in [-0.39, 0.29) is 6.42 Å². The van der Waals surface area contributed by atoms with Crippen molar-refractivity contribution in [2.45, 2.75) is 25.7 Å². The molecule has 1 aliphatic carbocycles. The minimum atomic E-state index is -0.803. The maximum absolute atomic E-state index is 10.5. The van der Waals surface area contributed by atoms with Crippen molar-refractivity contribution in [1.82, 2.24) is 0 Å². The summed E-state index contributed by atoms with van der Waals surface area (Å²) in [7, 11) is 0. The number of aliphatic carboxylic acids is 1. The molecule has 86 valence electrons. The van der Waals surface area contributed by atoms with Crippen molar-refractivity contribution in [1.29, 1.82) is 0 Å². The predicted octanol–water partition coefficient (Wildman–Crippen LogP) is 2.49. The molecule has 0 aliphatic heterocycles. The van der Waals surface area contributed by atoms with Crippen LogP contribution in [0.15, 0.2) is 24.3 Å². The van der Waals surface area contributed by atoms with Gasteiger partial charge in [-0.3, -0.25) is 4.79 Å². The SMILES string of the molecule is O=C(O)Cc1ccc(OCC2CCC2)cc1. The fourth-order valence-corrected chi connectivity index (χ4v) is 1.75. The average Bonchev–Trinajstić information content (AvgIpc) is 2.17. The Kier molecular flexibility index (Phi) is 3.44. The third-order valence-corrected chi connectivity index (χ3v) is 2.99. The zero-order valence-corrected chi connectivity index (χ0v) is 9.19. The molecule has 1 N–H and O–H groups in total. The molecule has 1 aromatic rings. The Balaban J connectivity index is 1.83. The van der Waals surface area contributed by atoms with E-state index in [1.165, 1.54) is 19.3 Å². The van der Waals surface area contributed by atoms with E-state index < -0.39 is 5.97 Å². The van der Waals surface area contributed by atoms with Crippen LogP contribution in [-0.4, -0.2) is 17.7 Å². The zero-order valence-electron chi connectivity index (χ0n) is 9.19. The average molecular weight is 220 g/mol. The molecule has 0 heterocycles. The quantitative estimate of drug-likeness (QED) is 0.829. The molecule has 3 heteroatoms. The molecule has 1 aromatic carbocycles. The highest BCUT2D eigenvalue weighted by atomic mass is 16.5. The number of benzene rings is 1. The minimum absolute atomic E-state index is 0.0723. The predicted molar refractivity (Wildman–Crippen MR) is 60.6 cm³/mol. The third kappa shape index (κ3) is 2.99. The maximum Gasteiger partial charge on any atom is 0.307 e. The van der Waals surface area contributed by atoms with E-state index in [1.807, 2.05) is 24.3 Å². The highest BCUT2D eigenvalue weighted by molar-refractivity contribution is 5.70. The third-order valence-electron chi connectivity index (χ3n) is 2.99. The minimum Gasteiger partial charge on any atom is -0.493 e. The molecule has 0 saturated heterocycles. The van der Waals surface area contributed by atoms with Crippen LogP contribution in [0.1, 0.15) is 24.8 Å². The number of carbonyl (C=O) groups is 1. The van der Waals surface area contributed by atoms with Gasteiger partial charge >= 0.3 is 5.97 Å². The van der Waals surface area contributed by atoms with Gasteiger partial charge in [0.1, 0.15) is 5.75 Å². The Morgan fingerprint density at radius 1 is 1.31 bits per heavy atom. The van der Waals surface area contributed by atoms with Crippen LogP contribution in [0.4, 0.5) is 0 Å². The van der Waals surface area contributed by atoms with Crippen molar-refractivity contribution in [3.05, 3.63) is 29.8 Å². The van der Waals surface area contributed by atoms with Crippen LogP contribution in [0.5, 0.6) is 5.75 Å². The first-order valence-electron chi connectivity index (χ1n) is 5.67. The van der Waals surface area contributed by atoms with Crippen LogP contribution in [0.3, 0.4) is 0 Å². The number of rotatable bonds is 5. The lowest BCUT2D eigenvalue weighted by atomic mass is 9.86. The maximum atomic E-state index is 10.5. The summed E-state index contributed by atoms with van der Waals surface area (Å²) >= 11 is 0. The second-order valence-electron chi connectivity index (χ2n) is 4.32. The van der Waals surface area contributed by atoms with Crippen molar-refractivity contribution in [3.63, 3.8) is 0 Å². The van der Waals surface area contributed by atoms with Crippen LogP contribution in [-0.2, 0) is 11.2 Å². The summed E-state index contributed by atoms with van der Waals surface area (Å²) < 4.78 is 5.62. The van der Waals surface area contributed by atoms with Crippen LogP contribution in [0.2, 0.25) is 0 Å². The van der Waals surface area contributed by atoms with Gasteiger partial charge in [0.2, 0.25) is 0 Å². The summed E-state index contributed by atoms with van der Waals surface area (Å²) in [4.78, 5) is 10.5. The molecule has 0 aromatic heterocycles. The van der Waals surface area contributed by atoms with Crippen LogP contribution in [0.25, 0.3) is 0 Å². The molecule has 1 fully saturated rings. The van der Waals surface area contributed by atoms with Gasteiger partial charge in [-0.1, -0.05) is 18.6 Å². The van der Waals surface area contributed by atoms with Gasteiger partial charge in [-0.15, -0.1) is 0 Å². The Morgan fingerprint density at radius 2 is 2.00 bits per heavy atom. The molecular formula is C13H16O3. The van der Waals surface area contributed by atoms with Crippen molar-refractivity contribution in [3.8, 4) is 5.75 Å². The Morgan fingerprint density at radius 3 is 2.50 bits per heavy atom. The molecule has 1 aliphatic rings. The highest BCUT2D eigenvalue weighted by Gasteiger charge is 2.17. The normalized spacial score (nSPS) is 15.5. The Labute approximate surface area is 95.0 Å². The monoisotopic (exact) mass is 220 g/mol. The lowest BCUT2D eigenvalue weighted by Gasteiger charge is -2.25. The van der Waals surface area contributed by atoms with Crippen molar-refractivity contribution in [2.75, 3.05) is 6.61 Å². The van der Waals surface area contributed by atoms with Crippen molar-refractivity contribution >= 4 is 5.97 Å². The van der Waals surface area contributed by atoms with E-state index in [4.69, 9.17) is 9.84 Å². The van der Waals surface area contributed by atoms with E-state index in [0.29, 0.717) is 0 Å². The largest absolute Gasteiger partial charge is 0.493 e. The smallest absolute Gasteiger partial charge is 0.307 e. The molecule has 0 radical (unpaired) electrons. The second kappa shape index (κ2) is 5.01. The highest BCUT2D eigenvalue weighted by Crippen LogP contribution is 2.27. The fourth-order valence-electron chi connectivity index (χ4n) is 1.75. The lowest BCUT2D eigenvalue weighted by molar-refractivity contribution is -0.136. The Hall–Kier alpha value is -1.51. The summed E-state index contributed by atoms with van der Waals surface area (Å²) in [5, 5.41) is 8.62. The second-order valence-corrected chi connectivity index (χ2v) is 4.32. The van der Waals surface area contributed by atoms with E-state index in [1.54, 1.807) is 0 Å². The number of carboxylic acids is 1. The molecular weight excluding hydrogens is 204 g/mol. The number of carboxylic acid groups (broad SMARTS) is 1. The summed E-state index contributed by atoms with van der Waals surface area (Å²) in [6.45, 7) is 0.790. The van der Waals surface area contributed by atoms with Crippen molar-refractivity contribution in [2.24, 2.45) is 5.92 Å². The fraction of sp³-hybridized carbons (Fsp3) is 0.462. The van der Waals surface area contributed by atoms with Gasteiger partial charge < -0.3 is 9.84 Å². The van der Waals surface area contributed by atoms with Crippen molar-refractivity contribution < 1.29 is 14.6 Å². The molecule has 1 saturated carbocycles. The molecule has 16 heavy (non-hydrogen) atoms. The lowest BCUT2D eigenvalue weighted by Crippen LogP contribution is -2.19. The van der Waals surface area contributed by atoms with Gasteiger partial charge in [-0.25, -0.2) is 0 Å². The Bertz CT molecular complexity index is 352. The molecule has 0 atom stereocenters. The van der Waals surface area contributed by atoms with Gasteiger partial charge in [0.25, 0.3) is 0 Å². The topological polar surface area (TPSA) is 46.5 Å².